The molecule has 0 atom stereocenters. The van der Waals surface area contributed by atoms with Gasteiger partial charge < -0.3 is 22.4 Å². The minimum atomic E-state index is 0. The van der Waals surface area contributed by atoms with Crippen molar-refractivity contribution in [2.75, 3.05) is 0 Å². The van der Waals surface area contributed by atoms with Gasteiger partial charge in [-0.15, -0.1) is 0 Å². The van der Waals surface area contributed by atoms with Crippen LogP contribution in [0.25, 0.3) is 103 Å². The van der Waals surface area contributed by atoms with Crippen molar-refractivity contribution in [1.82, 2.24) is 19.9 Å². The summed E-state index contributed by atoms with van der Waals surface area (Å²) in [7, 11) is 2.07. The second kappa shape index (κ2) is 15.7. The second-order valence-corrected chi connectivity index (χ2v) is 14.3. The quantitative estimate of drug-likeness (QED) is 0.166. The molecule has 2 N–H and O–H groups in total. The first-order valence-corrected chi connectivity index (χ1v) is 19.2. The zero-order valence-electron chi connectivity index (χ0n) is 31.8. The Morgan fingerprint density at radius 3 is 1.43 bits per heavy atom. The zero-order valence-corrected chi connectivity index (χ0v) is 32.5. The highest BCUT2D eigenvalue weighted by atomic mass is 35.5. The van der Waals surface area contributed by atoms with Crippen LogP contribution >= 0.6 is 0 Å². The molecule has 0 spiro atoms. The Kier molecular flexibility index (Phi) is 9.80. The average molecular weight is 768 g/mol. The minimum Gasteiger partial charge on any atom is -1.00 e. The number of aryl methyl sites for hydroxylation is 1. The molecule has 4 aromatic heterocycles. The molecule has 0 aliphatic carbocycles. The molecule has 10 rings (SSSR count). The number of aromatic nitrogens is 5. The Morgan fingerprint density at radius 1 is 0.431 bits per heavy atom. The normalized spacial score (nSPS) is 11.9. The Balaban J connectivity index is 0.00000436. The van der Waals surface area contributed by atoms with Crippen LogP contribution in [0.3, 0.4) is 0 Å². The fourth-order valence-electron chi connectivity index (χ4n) is 7.96. The van der Waals surface area contributed by atoms with E-state index in [-0.39, 0.29) is 12.4 Å². The first-order chi connectivity index (χ1) is 28.2. The first kappa shape index (κ1) is 36.3. The number of hydrogen-bond donors (Lipinski definition) is 2. The SMILES string of the molecule is C[n+]1ccccc1/C=C/c1cc2[nH]c1c(-c1ccccc1)c1nc(c(-c3ccccc3)c3nc(c(-c4ccccc4)c4ccc([nH]4)c2-c2ccccc2)C=C3)C=C1.[Cl-]. The van der Waals surface area contributed by atoms with Gasteiger partial charge in [-0.2, -0.15) is 0 Å². The van der Waals surface area contributed by atoms with Crippen LogP contribution in [-0.2, 0) is 7.05 Å². The van der Waals surface area contributed by atoms with Crippen molar-refractivity contribution in [3.8, 4) is 44.5 Å². The highest BCUT2D eigenvalue weighted by Gasteiger charge is 2.20. The van der Waals surface area contributed by atoms with E-state index in [1.165, 1.54) is 0 Å². The zero-order chi connectivity index (χ0) is 38.1. The number of aromatic amines is 2. The van der Waals surface area contributed by atoms with Gasteiger partial charge in [-0.1, -0.05) is 121 Å². The summed E-state index contributed by atoms with van der Waals surface area (Å²) in [5, 5.41) is 0. The summed E-state index contributed by atoms with van der Waals surface area (Å²) >= 11 is 0. The van der Waals surface area contributed by atoms with Crippen LogP contribution in [0.2, 0.25) is 0 Å². The third-order valence-electron chi connectivity index (χ3n) is 10.7. The van der Waals surface area contributed by atoms with Crippen LogP contribution in [0, 0.1) is 0 Å². The predicted octanol–water partition coefficient (Wildman–Crippen LogP) is 9.32. The van der Waals surface area contributed by atoms with Crippen LogP contribution in [0.15, 0.2) is 164 Å². The smallest absolute Gasteiger partial charge is 0.204 e. The number of benzene rings is 4. The number of hydrogen-bond acceptors (Lipinski definition) is 2. The highest BCUT2D eigenvalue weighted by Crippen LogP contribution is 2.39. The summed E-state index contributed by atoms with van der Waals surface area (Å²) in [6.45, 7) is 0. The molecule has 58 heavy (non-hydrogen) atoms. The topological polar surface area (TPSA) is 61.2 Å². The molecular weight excluding hydrogens is 730 g/mol. The van der Waals surface area contributed by atoms with Crippen LogP contribution in [0.4, 0.5) is 0 Å². The molecule has 6 heterocycles. The van der Waals surface area contributed by atoms with Crippen molar-refractivity contribution in [2.45, 2.75) is 0 Å². The number of nitrogens with zero attached hydrogens (tertiary/aromatic N) is 3. The highest BCUT2D eigenvalue weighted by molar-refractivity contribution is 6.03. The van der Waals surface area contributed by atoms with E-state index in [4.69, 9.17) is 9.97 Å². The fourth-order valence-corrected chi connectivity index (χ4v) is 7.96. The standard InChI is InChI=1S/C52H37N5.ClH/c1-57-33-15-14-24-40(57)26-25-39-34-47-50(37-20-10-4-11-21-37)45-30-29-43(54-45)48(35-16-6-2-7-17-35)41-27-28-42(53-41)49(36-18-8-3-9-19-36)44-31-32-46(55-44)51(52(39)56-47)38-22-12-5-13-23-38;/h2-34H,1H3,(H,53,54,55,56);1H. The molecule has 0 saturated carbocycles. The van der Waals surface area contributed by atoms with Gasteiger partial charge in [0.15, 0.2) is 6.20 Å². The maximum Gasteiger partial charge on any atom is 0.204 e. The van der Waals surface area contributed by atoms with E-state index in [0.29, 0.717) is 0 Å². The van der Waals surface area contributed by atoms with Crippen molar-refractivity contribution in [3.05, 3.63) is 198 Å². The minimum absolute atomic E-state index is 0. The Hall–Kier alpha value is -7.34. The van der Waals surface area contributed by atoms with Crippen molar-refractivity contribution >= 4 is 58.5 Å². The third-order valence-corrected chi connectivity index (χ3v) is 10.7. The van der Waals surface area contributed by atoms with Crippen LogP contribution in [-0.4, -0.2) is 19.9 Å². The second-order valence-electron chi connectivity index (χ2n) is 14.3. The molecule has 0 fully saturated rings. The van der Waals surface area contributed by atoms with Gasteiger partial charge in [-0.25, -0.2) is 14.5 Å². The van der Waals surface area contributed by atoms with Crippen molar-refractivity contribution < 1.29 is 17.0 Å². The Labute approximate surface area is 343 Å². The fraction of sp³-hybridized carbons (Fsp3) is 0.0192. The summed E-state index contributed by atoms with van der Waals surface area (Å²) in [5.74, 6) is 0. The summed E-state index contributed by atoms with van der Waals surface area (Å²) < 4.78 is 2.13. The van der Waals surface area contributed by atoms with Crippen LogP contribution in [0.5, 0.6) is 0 Å². The predicted molar refractivity (Wildman–Crippen MR) is 237 cm³/mol. The molecule has 0 radical (unpaired) electrons. The average Bonchev–Trinajstić information content (AvgIpc) is 4.10. The molecule has 0 unspecified atom stereocenters. The molecule has 0 saturated heterocycles. The van der Waals surface area contributed by atoms with E-state index in [1.54, 1.807) is 0 Å². The lowest BCUT2D eigenvalue weighted by Crippen LogP contribution is -3.00. The largest absolute Gasteiger partial charge is 1.00 e. The van der Waals surface area contributed by atoms with Gasteiger partial charge in [0.1, 0.15) is 7.05 Å². The van der Waals surface area contributed by atoms with E-state index < -0.39 is 0 Å². The van der Waals surface area contributed by atoms with Gasteiger partial charge in [-0.3, -0.25) is 0 Å². The molecule has 6 heteroatoms. The summed E-state index contributed by atoms with van der Waals surface area (Å²) in [6, 6.07) is 55.1. The molecule has 2 aliphatic heterocycles. The van der Waals surface area contributed by atoms with E-state index in [0.717, 1.165) is 101 Å². The van der Waals surface area contributed by atoms with E-state index in [2.05, 4.69) is 210 Å². The molecule has 5 nitrogen and oxygen atoms in total. The van der Waals surface area contributed by atoms with E-state index in [1.807, 2.05) is 12.1 Å². The van der Waals surface area contributed by atoms with Crippen molar-refractivity contribution in [2.24, 2.45) is 7.05 Å². The van der Waals surface area contributed by atoms with Crippen LogP contribution in [0.1, 0.15) is 34.0 Å². The van der Waals surface area contributed by atoms with Gasteiger partial charge >= 0.3 is 0 Å². The van der Waals surface area contributed by atoms with Gasteiger partial charge in [0, 0.05) is 62.6 Å². The Morgan fingerprint density at radius 2 is 0.879 bits per heavy atom. The van der Waals surface area contributed by atoms with Gasteiger partial charge in [0.05, 0.1) is 28.3 Å². The van der Waals surface area contributed by atoms with E-state index in [9.17, 15) is 0 Å². The van der Waals surface area contributed by atoms with E-state index >= 15 is 0 Å². The molecule has 2 aliphatic rings. The number of nitrogens with one attached hydrogen (secondary N) is 2. The third kappa shape index (κ3) is 6.78. The van der Waals surface area contributed by atoms with Crippen LogP contribution < -0.4 is 17.0 Å². The van der Waals surface area contributed by atoms with Gasteiger partial charge in [0.25, 0.3) is 0 Å². The number of pyridine rings is 1. The lowest BCUT2D eigenvalue weighted by atomic mass is 10.0. The summed E-state index contributed by atoms with van der Waals surface area (Å²) in [6.07, 6.45) is 15.0. The first-order valence-electron chi connectivity index (χ1n) is 19.2. The van der Waals surface area contributed by atoms with Gasteiger partial charge in [0.2, 0.25) is 5.69 Å². The number of halogens is 1. The maximum atomic E-state index is 5.48. The number of H-pyrrole nitrogens is 2. The molecular formula is C52H38ClN5. The summed E-state index contributed by atoms with van der Waals surface area (Å²) in [5.41, 5.74) is 18.0. The molecule has 8 aromatic rings. The van der Waals surface area contributed by atoms with Crippen molar-refractivity contribution in [3.63, 3.8) is 0 Å². The Bertz CT molecular complexity index is 3050. The number of fused-ring (bicyclic) bond motifs is 8. The molecule has 4 aromatic carbocycles. The molecule has 278 valence electrons. The molecule has 8 bridgehead atoms. The van der Waals surface area contributed by atoms with Gasteiger partial charge in [-0.05, 0) is 76.9 Å². The van der Waals surface area contributed by atoms with Crippen molar-refractivity contribution in [1.29, 1.82) is 0 Å². The monoisotopic (exact) mass is 767 g/mol. The molecule has 0 amide bonds. The number of rotatable bonds is 6. The lowest BCUT2D eigenvalue weighted by molar-refractivity contribution is -0.673. The maximum absolute atomic E-state index is 5.48. The summed E-state index contributed by atoms with van der Waals surface area (Å²) in [4.78, 5) is 18.7. The lowest BCUT2D eigenvalue weighted by Gasteiger charge is -2.07.